The first-order valence-electron chi connectivity index (χ1n) is 7.61. The van der Waals surface area contributed by atoms with Gasteiger partial charge < -0.3 is 10.2 Å². The molecule has 5 nitrogen and oxygen atoms in total. The van der Waals surface area contributed by atoms with Crippen LogP contribution in [-0.4, -0.2) is 28.3 Å². The number of halogens is 1. The number of benzene rings is 1. The van der Waals surface area contributed by atoms with Gasteiger partial charge in [-0.1, -0.05) is 31.5 Å². The van der Waals surface area contributed by atoms with Crippen LogP contribution in [-0.2, 0) is 0 Å². The third-order valence-corrected chi connectivity index (χ3v) is 3.69. The number of hydrogen-bond acceptors (Lipinski definition) is 5. The summed E-state index contributed by atoms with van der Waals surface area (Å²) < 4.78 is 0. The topological polar surface area (TPSA) is 53.9 Å². The predicted octanol–water partition coefficient (Wildman–Crippen LogP) is 4.20. The second-order valence-electron chi connectivity index (χ2n) is 5.21. The van der Waals surface area contributed by atoms with Crippen molar-refractivity contribution in [3.05, 3.63) is 35.0 Å². The van der Waals surface area contributed by atoms with Crippen molar-refractivity contribution < 1.29 is 0 Å². The van der Waals surface area contributed by atoms with Gasteiger partial charge in [-0.25, -0.2) is 0 Å². The van der Waals surface area contributed by atoms with Gasteiger partial charge in [0.1, 0.15) is 0 Å². The Morgan fingerprint density at radius 2 is 1.91 bits per heavy atom. The predicted molar refractivity (Wildman–Crippen MR) is 92.1 cm³/mol. The summed E-state index contributed by atoms with van der Waals surface area (Å²) in [5.74, 6) is 1.33. The Kier molecular flexibility index (Phi) is 5.95. The smallest absolute Gasteiger partial charge is 0.249 e. The minimum atomic E-state index is 0.481. The standard InChI is InChI=1S/C16H22ClN5/c1-4-8-22(9-5-2)15-11-18-21-16(20-15)19-13-7-6-12(3)14(17)10-13/h6-7,10-11H,4-5,8-9H2,1-3H3,(H,19,20,21). The van der Waals surface area contributed by atoms with Gasteiger partial charge in [0.25, 0.3) is 0 Å². The van der Waals surface area contributed by atoms with E-state index >= 15 is 0 Å². The van der Waals surface area contributed by atoms with Crippen molar-refractivity contribution in [2.24, 2.45) is 0 Å². The van der Waals surface area contributed by atoms with Crippen LogP contribution in [0.3, 0.4) is 0 Å². The van der Waals surface area contributed by atoms with Gasteiger partial charge in [0.2, 0.25) is 5.95 Å². The van der Waals surface area contributed by atoms with E-state index in [1.807, 2.05) is 25.1 Å². The molecule has 0 aliphatic carbocycles. The van der Waals surface area contributed by atoms with Crippen molar-refractivity contribution in [2.45, 2.75) is 33.6 Å². The lowest BCUT2D eigenvalue weighted by Gasteiger charge is -2.22. The van der Waals surface area contributed by atoms with Crippen LogP contribution in [0.1, 0.15) is 32.3 Å². The molecular formula is C16H22ClN5. The van der Waals surface area contributed by atoms with Gasteiger partial charge >= 0.3 is 0 Å². The zero-order chi connectivity index (χ0) is 15.9. The Morgan fingerprint density at radius 1 is 1.18 bits per heavy atom. The third kappa shape index (κ3) is 4.31. The van der Waals surface area contributed by atoms with E-state index in [1.54, 1.807) is 6.20 Å². The lowest BCUT2D eigenvalue weighted by atomic mass is 10.2. The highest BCUT2D eigenvalue weighted by Crippen LogP contribution is 2.22. The number of nitrogens with one attached hydrogen (secondary N) is 1. The minimum absolute atomic E-state index is 0.481. The Bertz CT molecular complexity index is 611. The van der Waals surface area contributed by atoms with Gasteiger partial charge in [0.05, 0.1) is 6.20 Å². The van der Waals surface area contributed by atoms with Crippen molar-refractivity contribution in [3.8, 4) is 0 Å². The normalized spacial score (nSPS) is 10.5. The van der Waals surface area contributed by atoms with Crippen molar-refractivity contribution in [3.63, 3.8) is 0 Å². The molecule has 2 aromatic rings. The molecule has 6 heteroatoms. The first kappa shape index (κ1) is 16.5. The van der Waals surface area contributed by atoms with Crippen molar-refractivity contribution >= 4 is 29.1 Å². The maximum absolute atomic E-state index is 6.14. The summed E-state index contributed by atoms with van der Waals surface area (Å²) in [4.78, 5) is 6.78. The van der Waals surface area contributed by atoms with E-state index in [1.165, 1.54) is 0 Å². The van der Waals surface area contributed by atoms with Crippen LogP contribution in [0.2, 0.25) is 5.02 Å². The molecule has 1 heterocycles. The molecule has 0 aliphatic heterocycles. The summed E-state index contributed by atoms with van der Waals surface area (Å²) in [7, 11) is 0. The largest absolute Gasteiger partial charge is 0.355 e. The number of rotatable bonds is 7. The van der Waals surface area contributed by atoms with Gasteiger partial charge in [0, 0.05) is 23.8 Å². The molecule has 1 N–H and O–H groups in total. The maximum Gasteiger partial charge on any atom is 0.249 e. The van der Waals surface area contributed by atoms with Crippen molar-refractivity contribution in [1.82, 2.24) is 15.2 Å². The fraction of sp³-hybridized carbons (Fsp3) is 0.438. The molecule has 118 valence electrons. The van der Waals surface area contributed by atoms with Crippen molar-refractivity contribution in [2.75, 3.05) is 23.3 Å². The highest BCUT2D eigenvalue weighted by Gasteiger charge is 2.09. The van der Waals surface area contributed by atoms with Crippen LogP contribution in [0.25, 0.3) is 0 Å². The molecule has 0 atom stereocenters. The Morgan fingerprint density at radius 3 is 2.55 bits per heavy atom. The van der Waals surface area contributed by atoms with E-state index in [0.29, 0.717) is 11.0 Å². The first-order valence-corrected chi connectivity index (χ1v) is 7.99. The molecule has 0 saturated heterocycles. The Hall–Kier alpha value is -1.88. The van der Waals surface area contributed by atoms with Gasteiger partial charge in [-0.15, -0.1) is 5.10 Å². The monoisotopic (exact) mass is 319 g/mol. The van der Waals surface area contributed by atoms with Gasteiger partial charge in [-0.05, 0) is 37.5 Å². The number of hydrogen-bond donors (Lipinski definition) is 1. The summed E-state index contributed by atoms with van der Waals surface area (Å²) in [5, 5.41) is 12.0. The van der Waals surface area contributed by atoms with Crippen LogP contribution >= 0.6 is 11.6 Å². The molecule has 0 bridgehead atoms. The zero-order valence-electron chi connectivity index (χ0n) is 13.3. The van der Waals surface area contributed by atoms with Gasteiger partial charge in [-0.2, -0.15) is 10.1 Å². The molecule has 1 aromatic heterocycles. The number of anilines is 3. The molecule has 0 saturated carbocycles. The first-order chi connectivity index (χ1) is 10.6. The number of aryl methyl sites for hydroxylation is 1. The van der Waals surface area contributed by atoms with Crippen LogP contribution in [0.15, 0.2) is 24.4 Å². The minimum Gasteiger partial charge on any atom is -0.355 e. The van der Waals surface area contributed by atoms with Crippen LogP contribution < -0.4 is 10.2 Å². The summed E-state index contributed by atoms with van der Waals surface area (Å²) in [6, 6.07) is 5.78. The lowest BCUT2D eigenvalue weighted by molar-refractivity contribution is 0.728. The quantitative estimate of drug-likeness (QED) is 0.828. The van der Waals surface area contributed by atoms with E-state index in [2.05, 4.69) is 39.2 Å². The molecule has 0 radical (unpaired) electrons. The molecule has 0 aliphatic rings. The molecule has 0 fully saturated rings. The highest BCUT2D eigenvalue weighted by molar-refractivity contribution is 6.31. The number of nitrogens with zero attached hydrogens (tertiary/aromatic N) is 4. The highest BCUT2D eigenvalue weighted by atomic mass is 35.5. The fourth-order valence-corrected chi connectivity index (χ4v) is 2.36. The molecule has 0 amide bonds. The van der Waals surface area contributed by atoms with E-state index < -0.39 is 0 Å². The van der Waals surface area contributed by atoms with Crippen molar-refractivity contribution in [1.29, 1.82) is 0 Å². The van der Waals surface area contributed by atoms with Crippen LogP contribution in [0, 0.1) is 6.92 Å². The SMILES string of the molecule is CCCN(CCC)c1cnnc(Nc2ccc(C)c(Cl)c2)n1. The maximum atomic E-state index is 6.14. The van der Waals surface area contributed by atoms with Gasteiger partial charge in [0.15, 0.2) is 5.82 Å². The fourth-order valence-electron chi connectivity index (χ4n) is 2.18. The average Bonchev–Trinajstić information content (AvgIpc) is 2.51. The second-order valence-corrected chi connectivity index (χ2v) is 5.62. The average molecular weight is 320 g/mol. The molecule has 0 spiro atoms. The summed E-state index contributed by atoms with van der Waals surface area (Å²) >= 11 is 6.14. The number of aromatic nitrogens is 3. The van der Waals surface area contributed by atoms with Gasteiger partial charge in [-0.3, -0.25) is 0 Å². The summed E-state index contributed by atoms with van der Waals surface area (Å²) in [6.07, 6.45) is 3.85. The molecule has 0 unspecified atom stereocenters. The van der Waals surface area contributed by atoms with E-state index in [0.717, 1.165) is 43.0 Å². The summed E-state index contributed by atoms with van der Waals surface area (Å²) in [5.41, 5.74) is 1.89. The van der Waals surface area contributed by atoms with Crippen LogP contribution in [0.5, 0.6) is 0 Å². The van der Waals surface area contributed by atoms with E-state index in [9.17, 15) is 0 Å². The zero-order valence-corrected chi connectivity index (χ0v) is 14.1. The molecule has 1 aromatic carbocycles. The van der Waals surface area contributed by atoms with Crippen LogP contribution in [0.4, 0.5) is 17.5 Å². The third-order valence-electron chi connectivity index (χ3n) is 3.29. The molecule has 22 heavy (non-hydrogen) atoms. The lowest BCUT2D eigenvalue weighted by Crippen LogP contribution is -2.26. The Labute approximate surface area is 136 Å². The molecule has 2 rings (SSSR count). The molecular weight excluding hydrogens is 298 g/mol. The second kappa shape index (κ2) is 7.94. The van der Waals surface area contributed by atoms with E-state index in [-0.39, 0.29) is 0 Å². The summed E-state index contributed by atoms with van der Waals surface area (Å²) in [6.45, 7) is 8.21. The van der Waals surface area contributed by atoms with E-state index in [4.69, 9.17) is 11.6 Å². The Balaban J connectivity index is 2.18.